The Kier molecular flexibility index (Phi) is 10.9. The number of carbonyl (C=O) groups is 6. The summed E-state index contributed by atoms with van der Waals surface area (Å²) in [5.74, 6) is -5.13. The molecular weight excluding hydrogens is 640 g/mol. The maximum absolute atomic E-state index is 14.1. The van der Waals surface area contributed by atoms with E-state index < -0.39 is 73.5 Å². The Morgan fingerprint density at radius 2 is 1.53 bits per heavy atom. The Labute approximate surface area is 280 Å². The molecule has 3 N–H and O–H groups in total. The third-order valence-electron chi connectivity index (χ3n) is 7.86. The van der Waals surface area contributed by atoms with Gasteiger partial charge in [0.2, 0.25) is 12.2 Å². The van der Waals surface area contributed by atoms with Crippen molar-refractivity contribution in [1.29, 1.82) is 0 Å². The Bertz CT molecular complexity index is 1730. The number of amides is 4. The Hall–Kier alpha value is -5.80. The fourth-order valence-electron chi connectivity index (χ4n) is 5.54. The van der Waals surface area contributed by atoms with Crippen molar-refractivity contribution in [2.24, 2.45) is 0 Å². The van der Waals surface area contributed by atoms with Crippen molar-refractivity contribution in [3.05, 3.63) is 83.9 Å². The molecule has 3 atom stereocenters. The molecule has 0 unspecified atom stereocenters. The minimum Gasteiger partial charge on any atom is -0.496 e. The van der Waals surface area contributed by atoms with Gasteiger partial charge >= 0.3 is 5.97 Å². The first-order chi connectivity index (χ1) is 23.6. The first-order valence-electron chi connectivity index (χ1n) is 15.2. The van der Waals surface area contributed by atoms with E-state index in [0.717, 1.165) is 15.4 Å². The molecule has 256 valence electrons. The van der Waals surface area contributed by atoms with Crippen molar-refractivity contribution < 1.29 is 52.8 Å². The Morgan fingerprint density at radius 1 is 0.878 bits per heavy atom. The van der Waals surface area contributed by atoms with E-state index in [1.807, 2.05) is 30.3 Å². The predicted molar refractivity (Wildman–Crippen MR) is 172 cm³/mol. The summed E-state index contributed by atoms with van der Waals surface area (Å²) in [4.78, 5) is 81.6. The van der Waals surface area contributed by atoms with Gasteiger partial charge in [0.15, 0.2) is 0 Å². The van der Waals surface area contributed by atoms with Gasteiger partial charge in [0, 0.05) is 0 Å². The number of anilines is 2. The normalized spacial score (nSPS) is 18.6. The van der Waals surface area contributed by atoms with E-state index >= 15 is 0 Å². The van der Waals surface area contributed by atoms with Crippen LogP contribution in [0.5, 0.6) is 11.5 Å². The van der Waals surface area contributed by atoms with Crippen molar-refractivity contribution in [2.75, 3.05) is 43.7 Å². The number of ketones is 1. The van der Waals surface area contributed by atoms with Gasteiger partial charge in [-0.1, -0.05) is 48.5 Å². The molecule has 15 heteroatoms. The second kappa shape index (κ2) is 15.4. The molecule has 49 heavy (non-hydrogen) atoms. The molecule has 0 spiro atoms. The maximum atomic E-state index is 14.1. The van der Waals surface area contributed by atoms with E-state index in [4.69, 9.17) is 18.9 Å². The molecule has 15 nitrogen and oxygen atoms in total. The van der Waals surface area contributed by atoms with Gasteiger partial charge < -0.3 is 39.6 Å². The number of carbonyl (C=O) groups excluding carboxylic acids is 6. The quantitative estimate of drug-likeness (QED) is 0.139. The lowest BCUT2D eigenvalue weighted by Gasteiger charge is -2.26. The molecule has 2 heterocycles. The van der Waals surface area contributed by atoms with E-state index in [1.54, 1.807) is 18.2 Å². The molecule has 4 amide bonds. The van der Waals surface area contributed by atoms with Crippen molar-refractivity contribution >= 4 is 46.8 Å². The predicted octanol–water partition coefficient (Wildman–Crippen LogP) is 0.718. The van der Waals surface area contributed by atoms with E-state index in [9.17, 15) is 33.9 Å². The Morgan fingerprint density at radius 3 is 2.18 bits per heavy atom. The van der Waals surface area contributed by atoms with Crippen LogP contribution in [-0.4, -0.2) is 92.8 Å². The highest BCUT2D eigenvalue weighted by molar-refractivity contribution is 6.44. The zero-order valence-corrected chi connectivity index (χ0v) is 26.6. The molecule has 1 saturated heterocycles. The van der Waals surface area contributed by atoms with Gasteiger partial charge in [-0.15, -0.1) is 0 Å². The molecule has 0 aromatic heterocycles. The molecule has 2 aliphatic rings. The molecule has 3 aromatic rings. The topological polar surface area (TPSA) is 190 Å². The Balaban J connectivity index is 1.39. The zero-order valence-electron chi connectivity index (χ0n) is 26.6. The van der Waals surface area contributed by atoms with Crippen LogP contribution in [0.25, 0.3) is 0 Å². The van der Waals surface area contributed by atoms with Crippen molar-refractivity contribution in [1.82, 2.24) is 10.6 Å². The largest absolute Gasteiger partial charge is 0.496 e. The molecule has 0 radical (unpaired) electrons. The number of esters is 1. The number of benzene rings is 3. The number of ether oxygens (including phenoxy) is 4. The first kappa shape index (κ1) is 34.5. The van der Waals surface area contributed by atoms with Crippen LogP contribution in [0.2, 0.25) is 0 Å². The molecule has 0 saturated carbocycles. The number of cyclic esters (lactones) is 1. The van der Waals surface area contributed by atoms with Gasteiger partial charge in [-0.2, -0.15) is 0 Å². The summed E-state index contributed by atoms with van der Waals surface area (Å²) < 4.78 is 21.5. The standard InChI is InChI=1S/C34H34N4O11/c1-46-25-13-8-14-26(47-2)30(25)31(43)32(44)36-22-16-37(28(41)18-39)23-11-6-7-12-24(23)38(33(22)45)17-27(40)35-21-15-29(42)49-34(21)48-19-20-9-4-3-5-10-20/h3-14,21-22,34,39H,15-19H2,1-2H3,(H,35,40)(H,36,44)/t21-,22-,34+/m0/s1. The average Bonchev–Trinajstić information content (AvgIpc) is 3.43. The highest BCUT2D eigenvalue weighted by atomic mass is 16.7. The van der Waals surface area contributed by atoms with E-state index in [2.05, 4.69) is 10.6 Å². The van der Waals surface area contributed by atoms with Crippen LogP contribution < -0.4 is 29.9 Å². The number of rotatable bonds is 12. The monoisotopic (exact) mass is 674 g/mol. The summed E-state index contributed by atoms with van der Waals surface area (Å²) in [5, 5.41) is 14.8. The van der Waals surface area contributed by atoms with Gasteiger partial charge in [0.1, 0.15) is 42.3 Å². The molecule has 3 aromatic carbocycles. The number of para-hydroxylation sites is 2. The molecular formula is C34H34N4O11. The molecule has 5 rings (SSSR count). The van der Waals surface area contributed by atoms with E-state index in [-0.39, 0.29) is 41.5 Å². The number of nitrogens with zero attached hydrogens (tertiary/aromatic N) is 2. The number of Topliss-reactive ketones (excluding diaryl/α,β-unsaturated/α-hetero) is 1. The SMILES string of the molecule is COc1cccc(OC)c1C(=O)C(=O)N[C@H]1CN(C(=O)CO)c2ccccc2N(CC(=O)N[C@H]2CC(=O)O[C@H]2OCc2ccccc2)C1=O. The van der Waals surface area contributed by atoms with Crippen LogP contribution in [0.15, 0.2) is 72.8 Å². The van der Waals surface area contributed by atoms with Crippen LogP contribution in [0.3, 0.4) is 0 Å². The summed E-state index contributed by atoms with van der Waals surface area (Å²) in [7, 11) is 2.62. The van der Waals surface area contributed by atoms with Crippen LogP contribution in [0.4, 0.5) is 11.4 Å². The van der Waals surface area contributed by atoms with Crippen LogP contribution in [0, 0.1) is 0 Å². The van der Waals surface area contributed by atoms with Crippen molar-refractivity contribution in [3.8, 4) is 11.5 Å². The van der Waals surface area contributed by atoms with Crippen LogP contribution in [-0.2, 0) is 40.1 Å². The molecule has 2 aliphatic heterocycles. The smallest absolute Gasteiger partial charge is 0.310 e. The summed E-state index contributed by atoms with van der Waals surface area (Å²) >= 11 is 0. The molecule has 0 bridgehead atoms. The highest BCUT2D eigenvalue weighted by Crippen LogP contribution is 2.33. The van der Waals surface area contributed by atoms with E-state index in [0.29, 0.717) is 0 Å². The second-order valence-corrected chi connectivity index (χ2v) is 11.0. The van der Waals surface area contributed by atoms with Gasteiger partial charge in [-0.3, -0.25) is 33.7 Å². The van der Waals surface area contributed by atoms with Crippen LogP contribution in [0.1, 0.15) is 22.3 Å². The van der Waals surface area contributed by atoms with Crippen LogP contribution >= 0.6 is 0 Å². The van der Waals surface area contributed by atoms with Crippen molar-refractivity contribution in [2.45, 2.75) is 31.4 Å². The summed E-state index contributed by atoms with van der Waals surface area (Å²) in [6.07, 6.45) is -1.27. The third kappa shape index (κ3) is 7.69. The number of methoxy groups -OCH3 is 2. The number of hydrogen-bond acceptors (Lipinski definition) is 11. The second-order valence-electron chi connectivity index (χ2n) is 11.0. The van der Waals surface area contributed by atoms with E-state index in [1.165, 1.54) is 38.5 Å². The number of aliphatic hydroxyl groups is 1. The van der Waals surface area contributed by atoms with Gasteiger partial charge in [0.25, 0.3) is 23.5 Å². The molecule has 1 fully saturated rings. The first-order valence-corrected chi connectivity index (χ1v) is 15.2. The number of hydrogen-bond donors (Lipinski definition) is 3. The summed E-state index contributed by atoms with van der Waals surface area (Å²) in [6, 6.07) is 17.3. The summed E-state index contributed by atoms with van der Waals surface area (Å²) in [6.45, 7) is -1.91. The zero-order chi connectivity index (χ0) is 35.1. The summed E-state index contributed by atoms with van der Waals surface area (Å²) in [5.41, 5.74) is 0.918. The third-order valence-corrected chi connectivity index (χ3v) is 7.86. The fraction of sp³-hybridized carbons (Fsp3) is 0.294. The number of nitrogens with one attached hydrogen (secondary N) is 2. The number of fused-ring (bicyclic) bond motifs is 1. The lowest BCUT2D eigenvalue weighted by atomic mass is 10.1. The van der Waals surface area contributed by atoms with Gasteiger partial charge in [-0.05, 0) is 29.8 Å². The molecule has 0 aliphatic carbocycles. The highest BCUT2D eigenvalue weighted by Gasteiger charge is 2.41. The van der Waals surface area contributed by atoms with Gasteiger partial charge in [-0.25, -0.2) is 0 Å². The maximum Gasteiger partial charge on any atom is 0.310 e. The average molecular weight is 675 g/mol. The lowest BCUT2D eigenvalue weighted by molar-refractivity contribution is -0.168. The lowest BCUT2D eigenvalue weighted by Crippen LogP contribution is -2.56. The van der Waals surface area contributed by atoms with Crippen molar-refractivity contribution in [3.63, 3.8) is 0 Å². The number of aliphatic hydroxyl groups excluding tert-OH is 1. The fourth-order valence-corrected chi connectivity index (χ4v) is 5.54. The minimum atomic E-state index is -1.55. The van der Waals surface area contributed by atoms with Gasteiger partial charge in [0.05, 0.1) is 45.2 Å². The minimum absolute atomic E-state index is 0.0508.